The van der Waals surface area contributed by atoms with Gasteiger partial charge in [-0.2, -0.15) is 0 Å². The lowest BCUT2D eigenvalue weighted by Crippen LogP contribution is -2.56. The molecular weight excluding hydrogens is 418 g/mol. The molecule has 0 amide bonds. The fourth-order valence-corrected chi connectivity index (χ4v) is 5.50. The summed E-state index contributed by atoms with van der Waals surface area (Å²) in [4.78, 5) is 15.8. The molecule has 1 aliphatic carbocycles. The number of rotatable bonds is 6. The summed E-state index contributed by atoms with van der Waals surface area (Å²) >= 11 is 0. The molecular formula is C27H31NO5. The van der Waals surface area contributed by atoms with Crippen LogP contribution in [0.5, 0.6) is 11.5 Å². The lowest BCUT2D eigenvalue weighted by molar-refractivity contribution is -0.169. The minimum Gasteiger partial charge on any atom is -0.496 e. The molecule has 4 unspecified atom stereocenters. The van der Waals surface area contributed by atoms with Gasteiger partial charge in [-0.05, 0) is 37.0 Å². The van der Waals surface area contributed by atoms with Crippen molar-refractivity contribution in [3.8, 4) is 11.5 Å². The van der Waals surface area contributed by atoms with Crippen LogP contribution in [0.1, 0.15) is 24.0 Å². The third kappa shape index (κ3) is 4.25. The van der Waals surface area contributed by atoms with Crippen LogP contribution in [-0.2, 0) is 20.7 Å². The minimum absolute atomic E-state index is 0.141. The molecule has 2 aromatic carbocycles. The fourth-order valence-electron chi connectivity index (χ4n) is 5.50. The summed E-state index contributed by atoms with van der Waals surface area (Å²) in [5.41, 5.74) is 2.60. The minimum atomic E-state index is -0.149. The van der Waals surface area contributed by atoms with Crippen molar-refractivity contribution >= 4 is 11.4 Å². The molecule has 0 spiro atoms. The average molecular weight is 450 g/mol. The van der Waals surface area contributed by atoms with Crippen molar-refractivity contribution in [3.05, 3.63) is 65.9 Å². The second-order valence-electron chi connectivity index (χ2n) is 9.02. The van der Waals surface area contributed by atoms with Crippen molar-refractivity contribution in [2.75, 3.05) is 34.0 Å². The van der Waals surface area contributed by atoms with Gasteiger partial charge in [-0.15, -0.1) is 0 Å². The number of methoxy groups -OCH3 is 2. The van der Waals surface area contributed by atoms with Crippen LogP contribution >= 0.6 is 0 Å². The van der Waals surface area contributed by atoms with Crippen LogP contribution in [0.3, 0.4) is 0 Å². The number of carbonyl (C=O) groups is 1. The lowest BCUT2D eigenvalue weighted by Gasteiger charge is -2.48. The molecule has 33 heavy (non-hydrogen) atoms. The number of Topliss-reactive ketones (excluding diaryl/α,β-unsaturated/α-hetero) is 1. The first-order chi connectivity index (χ1) is 16.2. The molecule has 4 atom stereocenters. The molecule has 5 rings (SSSR count). The standard InChI is InChI=1S/C27H31NO5/c1-30-23-9-5-3-7-18(23)13-14-28-15-21-25(33-17-28)12-11-20-26(29)22(16-32-27(20)21)19-8-4-6-10-24(19)31-2/h3-10,16,20-21,25,27H,11-15,17H2,1-2H3. The third-order valence-electron chi connectivity index (χ3n) is 7.23. The van der Waals surface area contributed by atoms with Gasteiger partial charge in [0.25, 0.3) is 0 Å². The van der Waals surface area contributed by atoms with E-state index in [0.29, 0.717) is 18.1 Å². The zero-order valence-corrected chi connectivity index (χ0v) is 19.2. The highest BCUT2D eigenvalue weighted by atomic mass is 16.5. The molecule has 2 aromatic rings. The Morgan fingerprint density at radius 3 is 2.58 bits per heavy atom. The van der Waals surface area contributed by atoms with Crippen LogP contribution < -0.4 is 9.47 Å². The molecule has 0 bridgehead atoms. The molecule has 3 aliphatic rings. The topological polar surface area (TPSA) is 57.2 Å². The van der Waals surface area contributed by atoms with Crippen LogP contribution in [-0.4, -0.2) is 56.9 Å². The largest absolute Gasteiger partial charge is 0.496 e. The van der Waals surface area contributed by atoms with E-state index in [2.05, 4.69) is 11.0 Å². The summed E-state index contributed by atoms with van der Waals surface area (Å²) in [6.45, 7) is 2.35. The van der Waals surface area contributed by atoms with Crippen LogP contribution in [0, 0.1) is 11.8 Å². The number of nitrogens with zero attached hydrogens (tertiary/aromatic N) is 1. The van der Waals surface area contributed by atoms with E-state index in [4.69, 9.17) is 18.9 Å². The second kappa shape index (κ2) is 9.57. The van der Waals surface area contributed by atoms with Crippen molar-refractivity contribution in [3.63, 3.8) is 0 Å². The number of para-hydroxylation sites is 2. The Hall–Kier alpha value is -2.83. The van der Waals surface area contributed by atoms with Gasteiger partial charge in [-0.1, -0.05) is 36.4 Å². The van der Waals surface area contributed by atoms with Crippen LogP contribution in [0.2, 0.25) is 0 Å². The van der Waals surface area contributed by atoms with E-state index in [1.807, 2.05) is 42.5 Å². The number of hydrogen-bond acceptors (Lipinski definition) is 6. The van der Waals surface area contributed by atoms with Gasteiger partial charge in [0, 0.05) is 24.6 Å². The Morgan fingerprint density at radius 2 is 1.76 bits per heavy atom. The van der Waals surface area contributed by atoms with E-state index in [0.717, 1.165) is 43.7 Å². The molecule has 0 radical (unpaired) electrons. The van der Waals surface area contributed by atoms with Crippen LogP contribution in [0.15, 0.2) is 54.8 Å². The molecule has 1 saturated heterocycles. The maximum atomic E-state index is 13.5. The third-order valence-corrected chi connectivity index (χ3v) is 7.23. The molecule has 0 N–H and O–H groups in total. The van der Waals surface area contributed by atoms with E-state index < -0.39 is 0 Å². The van der Waals surface area contributed by atoms with Gasteiger partial charge in [0.05, 0.1) is 44.8 Å². The summed E-state index contributed by atoms with van der Waals surface area (Å²) in [6, 6.07) is 15.8. The summed E-state index contributed by atoms with van der Waals surface area (Å²) in [6.07, 6.45) is 4.21. The number of fused-ring (bicyclic) bond motifs is 3. The molecule has 2 aliphatic heterocycles. The van der Waals surface area contributed by atoms with E-state index in [1.54, 1.807) is 20.5 Å². The van der Waals surface area contributed by atoms with Crippen molar-refractivity contribution in [1.29, 1.82) is 0 Å². The number of carbonyl (C=O) groups excluding carboxylic acids is 1. The first-order valence-corrected chi connectivity index (χ1v) is 11.7. The molecule has 1 saturated carbocycles. The Kier molecular flexibility index (Phi) is 6.38. The quantitative estimate of drug-likeness (QED) is 0.666. The van der Waals surface area contributed by atoms with Gasteiger partial charge in [0.2, 0.25) is 0 Å². The van der Waals surface area contributed by atoms with Gasteiger partial charge in [-0.25, -0.2) is 0 Å². The van der Waals surface area contributed by atoms with E-state index in [1.165, 1.54) is 5.56 Å². The first kappa shape index (κ1) is 22.0. The summed E-state index contributed by atoms with van der Waals surface area (Å²) in [7, 11) is 3.33. The second-order valence-corrected chi connectivity index (χ2v) is 9.02. The number of ether oxygens (including phenoxy) is 4. The highest BCUT2D eigenvalue weighted by Crippen LogP contribution is 2.43. The predicted molar refractivity (Wildman–Crippen MR) is 125 cm³/mol. The van der Waals surface area contributed by atoms with Crippen LogP contribution in [0.25, 0.3) is 5.57 Å². The Morgan fingerprint density at radius 1 is 1.00 bits per heavy atom. The van der Waals surface area contributed by atoms with Crippen molar-refractivity contribution in [2.45, 2.75) is 31.5 Å². The average Bonchev–Trinajstić information content (AvgIpc) is 2.87. The van der Waals surface area contributed by atoms with Crippen molar-refractivity contribution < 1.29 is 23.7 Å². The summed E-state index contributed by atoms with van der Waals surface area (Å²) in [5, 5.41) is 0. The molecule has 2 fully saturated rings. The van der Waals surface area contributed by atoms with Gasteiger partial charge in [0.1, 0.15) is 17.6 Å². The van der Waals surface area contributed by atoms with E-state index >= 15 is 0 Å². The zero-order chi connectivity index (χ0) is 22.8. The predicted octanol–water partition coefficient (Wildman–Crippen LogP) is 3.94. The number of benzene rings is 2. The summed E-state index contributed by atoms with van der Waals surface area (Å²) in [5.74, 6) is 1.79. The molecule has 0 aromatic heterocycles. The van der Waals surface area contributed by atoms with Crippen molar-refractivity contribution in [1.82, 2.24) is 4.90 Å². The van der Waals surface area contributed by atoms with Gasteiger partial charge < -0.3 is 18.9 Å². The smallest absolute Gasteiger partial charge is 0.173 e. The Balaban J connectivity index is 1.30. The monoisotopic (exact) mass is 449 g/mol. The number of ketones is 1. The number of hydrogen-bond donors (Lipinski definition) is 0. The highest BCUT2D eigenvalue weighted by molar-refractivity contribution is 6.22. The lowest BCUT2D eigenvalue weighted by atomic mass is 9.71. The molecule has 2 heterocycles. The zero-order valence-electron chi connectivity index (χ0n) is 19.2. The van der Waals surface area contributed by atoms with E-state index in [-0.39, 0.29) is 29.8 Å². The SMILES string of the molecule is COc1ccccc1CCN1COC2CCC3C(=O)C(c4ccccc4OC)=COC3C2C1. The van der Waals surface area contributed by atoms with Crippen molar-refractivity contribution in [2.24, 2.45) is 11.8 Å². The first-order valence-electron chi connectivity index (χ1n) is 11.7. The van der Waals surface area contributed by atoms with E-state index in [9.17, 15) is 4.79 Å². The van der Waals surface area contributed by atoms with Gasteiger partial charge >= 0.3 is 0 Å². The fraction of sp³-hybridized carbons (Fsp3) is 0.444. The Bertz CT molecular complexity index is 1030. The van der Waals surface area contributed by atoms with Gasteiger partial charge in [-0.3, -0.25) is 9.69 Å². The molecule has 6 nitrogen and oxygen atoms in total. The normalized spacial score (nSPS) is 27.1. The number of allylic oxidation sites excluding steroid dienone is 1. The maximum Gasteiger partial charge on any atom is 0.173 e. The Labute approximate surface area is 195 Å². The highest BCUT2D eigenvalue weighted by Gasteiger charge is 2.49. The van der Waals surface area contributed by atoms with Gasteiger partial charge in [0.15, 0.2) is 5.78 Å². The maximum absolute atomic E-state index is 13.5. The summed E-state index contributed by atoms with van der Waals surface area (Å²) < 4.78 is 23.5. The molecule has 174 valence electrons. The molecule has 6 heteroatoms. The van der Waals surface area contributed by atoms with Crippen LogP contribution in [0.4, 0.5) is 0 Å².